The number of carbonyl (C=O) groups is 2. The third-order valence-electron chi connectivity index (χ3n) is 6.94. The number of Topliss-reactive ketones (excluding diaryl/α,β-unsaturated/α-hetero) is 1. The van der Waals surface area contributed by atoms with E-state index < -0.39 is 17.7 Å². The number of aromatic amines is 1. The molecular formula is C32H25N3O5. The van der Waals surface area contributed by atoms with Crippen molar-refractivity contribution in [3.05, 3.63) is 125 Å². The number of aliphatic hydroxyl groups excluding tert-OH is 1. The maximum absolute atomic E-state index is 13.5. The minimum absolute atomic E-state index is 0.0335. The molecule has 1 aromatic heterocycles. The fourth-order valence-electron chi connectivity index (χ4n) is 4.93. The largest absolute Gasteiger partial charge is 0.508 e. The molecule has 0 radical (unpaired) electrons. The van der Waals surface area contributed by atoms with Gasteiger partial charge in [0.05, 0.1) is 22.6 Å². The predicted octanol–water partition coefficient (Wildman–Crippen LogP) is 5.78. The Labute approximate surface area is 229 Å². The first-order chi connectivity index (χ1) is 19.4. The number of fused-ring (bicyclic) bond motifs is 1. The number of nitrogens with one attached hydrogen (secondary N) is 1. The molecule has 1 atom stereocenters. The van der Waals surface area contributed by atoms with Crippen molar-refractivity contribution in [2.24, 2.45) is 0 Å². The Bertz CT molecular complexity index is 1740. The summed E-state index contributed by atoms with van der Waals surface area (Å²) in [6.07, 6.45) is 0. The third kappa shape index (κ3) is 4.45. The van der Waals surface area contributed by atoms with Crippen LogP contribution in [0.5, 0.6) is 11.5 Å². The molecule has 0 bridgehead atoms. The zero-order chi connectivity index (χ0) is 27.8. The van der Waals surface area contributed by atoms with Gasteiger partial charge in [-0.2, -0.15) is 0 Å². The van der Waals surface area contributed by atoms with Crippen molar-refractivity contribution in [3.8, 4) is 11.5 Å². The Kier molecular flexibility index (Phi) is 6.28. The normalized spacial score (nSPS) is 16.5. The number of phenols is 1. The van der Waals surface area contributed by atoms with E-state index in [0.717, 1.165) is 11.1 Å². The van der Waals surface area contributed by atoms with Gasteiger partial charge >= 0.3 is 5.91 Å². The molecule has 1 saturated heterocycles. The first-order valence-corrected chi connectivity index (χ1v) is 12.7. The Hall–Kier alpha value is -5.37. The van der Waals surface area contributed by atoms with Crippen LogP contribution in [0.15, 0.2) is 103 Å². The van der Waals surface area contributed by atoms with Crippen LogP contribution in [-0.2, 0) is 16.2 Å². The topological polar surface area (TPSA) is 116 Å². The quantitative estimate of drug-likeness (QED) is 0.145. The van der Waals surface area contributed by atoms with Gasteiger partial charge in [-0.1, -0.05) is 54.6 Å². The van der Waals surface area contributed by atoms with E-state index in [-0.39, 0.29) is 23.0 Å². The maximum Gasteiger partial charge on any atom is 0.302 e. The Morgan fingerprint density at radius 1 is 0.950 bits per heavy atom. The number of aryl methyl sites for hydroxylation is 1. The number of aliphatic hydroxyl groups is 1. The van der Waals surface area contributed by atoms with E-state index >= 15 is 0 Å². The minimum atomic E-state index is -0.976. The zero-order valence-electron chi connectivity index (χ0n) is 21.5. The molecule has 2 heterocycles. The number of ether oxygens (including phenoxy) is 1. The SMILES string of the molecule is Cc1cc(/C(O)=C2\C(=O)C(=O)N(c3nc4ccccc4[nH]3)C2c2ccc(O)cc2)ccc1OCc1ccccc1. The molecule has 0 aliphatic carbocycles. The van der Waals surface area contributed by atoms with E-state index in [1.165, 1.54) is 17.0 Å². The first kappa shape index (κ1) is 24.9. The second-order valence-corrected chi connectivity index (χ2v) is 9.59. The number of phenolic OH excluding ortho intramolecular Hbond substituents is 1. The van der Waals surface area contributed by atoms with Crippen LogP contribution in [0.3, 0.4) is 0 Å². The Balaban J connectivity index is 1.42. The molecule has 6 rings (SSSR count). The van der Waals surface area contributed by atoms with E-state index in [2.05, 4.69) is 9.97 Å². The highest BCUT2D eigenvalue weighted by Crippen LogP contribution is 2.42. The van der Waals surface area contributed by atoms with Gasteiger partial charge in [-0.3, -0.25) is 14.5 Å². The summed E-state index contributed by atoms with van der Waals surface area (Å²) in [6.45, 7) is 2.23. The van der Waals surface area contributed by atoms with E-state index in [1.54, 1.807) is 36.4 Å². The second-order valence-electron chi connectivity index (χ2n) is 9.59. The number of ketones is 1. The highest BCUT2D eigenvalue weighted by Gasteiger charge is 2.48. The number of rotatable bonds is 6. The molecule has 4 aromatic carbocycles. The number of para-hydroxylation sites is 2. The molecular weight excluding hydrogens is 506 g/mol. The van der Waals surface area contributed by atoms with Crippen LogP contribution >= 0.6 is 0 Å². The summed E-state index contributed by atoms with van der Waals surface area (Å²) in [5, 5.41) is 21.4. The van der Waals surface area contributed by atoms with Crippen molar-refractivity contribution in [1.82, 2.24) is 9.97 Å². The number of amides is 1. The predicted molar refractivity (Wildman–Crippen MR) is 151 cm³/mol. The van der Waals surface area contributed by atoms with Crippen LogP contribution in [0.25, 0.3) is 16.8 Å². The van der Waals surface area contributed by atoms with Crippen molar-refractivity contribution in [2.75, 3.05) is 4.90 Å². The molecule has 40 heavy (non-hydrogen) atoms. The van der Waals surface area contributed by atoms with E-state index in [1.807, 2.05) is 55.5 Å². The van der Waals surface area contributed by atoms with Gasteiger partial charge in [0, 0.05) is 5.56 Å². The van der Waals surface area contributed by atoms with Gasteiger partial charge in [0.2, 0.25) is 5.95 Å². The fraction of sp³-hybridized carbons (Fsp3) is 0.0938. The van der Waals surface area contributed by atoms with Crippen LogP contribution in [0.1, 0.15) is 28.3 Å². The Morgan fingerprint density at radius 2 is 1.68 bits per heavy atom. The lowest BCUT2D eigenvalue weighted by Gasteiger charge is -2.23. The molecule has 0 saturated carbocycles. The van der Waals surface area contributed by atoms with Crippen molar-refractivity contribution in [1.29, 1.82) is 0 Å². The lowest BCUT2D eigenvalue weighted by atomic mass is 9.95. The summed E-state index contributed by atoms with van der Waals surface area (Å²) >= 11 is 0. The highest BCUT2D eigenvalue weighted by molar-refractivity contribution is 6.51. The maximum atomic E-state index is 13.5. The number of carbonyl (C=O) groups excluding carboxylic acids is 2. The van der Waals surface area contributed by atoms with E-state index in [0.29, 0.717) is 34.5 Å². The number of anilines is 1. The summed E-state index contributed by atoms with van der Waals surface area (Å²) in [5.74, 6) is -1.12. The van der Waals surface area contributed by atoms with Crippen LogP contribution in [0.4, 0.5) is 5.95 Å². The zero-order valence-corrected chi connectivity index (χ0v) is 21.5. The monoisotopic (exact) mass is 531 g/mol. The number of imidazole rings is 1. The fourth-order valence-corrected chi connectivity index (χ4v) is 4.93. The van der Waals surface area contributed by atoms with Gasteiger partial charge < -0.3 is 19.9 Å². The number of aromatic hydroxyl groups is 1. The summed E-state index contributed by atoms with van der Waals surface area (Å²) in [6, 6.07) is 27.4. The summed E-state index contributed by atoms with van der Waals surface area (Å²) in [7, 11) is 0. The van der Waals surface area contributed by atoms with Crippen LogP contribution in [0, 0.1) is 6.92 Å². The lowest BCUT2D eigenvalue weighted by Crippen LogP contribution is -2.30. The summed E-state index contributed by atoms with van der Waals surface area (Å²) in [4.78, 5) is 35.8. The minimum Gasteiger partial charge on any atom is -0.508 e. The van der Waals surface area contributed by atoms with Gasteiger partial charge in [-0.15, -0.1) is 0 Å². The van der Waals surface area contributed by atoms with Crippen molar-refractivity contribution in [3.63, 3.8) is 0 Å². The molecule has 8 heteroatoms. The number of benzene rings is 4. The number of H-pyrrole nitrogens is 1. The molecule has 8 nitrogen and oxygen atoms in total. The standard InChI is InChI=1S/C32H25N3O5/c1-19-17-22(13-16-26(19)40-18-20-7-3-2-4-8-20)29(37)27-28(21-11-14-23(36)15-12-21)35(31(39)30(27)38)32-33-24-9-5-6-10-25(24)34-32/h2-17,28,36-37H,18H2,1H3,(H,33,34)/b29-27+. The molecule has 1 amide bonds. The van der Waals surface area contributed by atoms with Gasteiger partial charge in [-0.05, 0) is 66.1 Å². The van der Waals surface area contributed by atoms with E-state index in [4.69, 9.17) is 4.74 Å². The number of hydrogen-bond acceptors (Lipinski definition) is 6. The summed E-state index contributed by atoms with van der Waals surface area (Å²) < 4.78 is 5.96. The highest BCUT2D eigenvalue weighted by atomic mass is 16.5. The van der Waals surface area contributed by atoms with Gasteiger partial charge in [0.1, 0.15) is 23.9 Å². The van der Waals surface area contributed by atoms with Crippen LogP contribution in [0.2, 0.25) is 0 Å². The van der Waals surface area contributed by atoms with Crippen LogP contribution in [-0.4, -0.2) is 31.9 Å². The number of hydrogen-bond donors (Lipinski definition) is 3. The van der Waals surface area contributed by atoms with Crippen molar-refractivity contribution in [2.45, 2.75) is 19.6 Å². The lowest BCUT2D eigenvalue weighted by molar-refractivity contribution is -0.132. The molecule has 1 unspecified atom stereocenters. The number of nitrogens with zero attached hydrogens (tertiary/aromatic N) is 2. The molecule has 0 spiro atoms. The third-order valence-corrected chi connectivity index (χ3v) is 6.94. The van der Waals surface area contributed by atoms with Crippen molar-refractivity contribution < 1.29 is 24.5 Å². The molecule has 3 N–H and O–H groups in total. The Morgan fingerprint density at radius 3 is 2.40 bits per heavy atom. The van der Waals surface area contributed by atoms with Gasteiger partial charge in [0.15, 0.2) is 0 Å². The van der Waals surface area contributed by atoms with Crippen molar-refractivity contribution >= 4 is 34.4 Å². The van der Waals surface area contributed by atoms with E-state index in [9.17, 15) is 19.8 Å². The van der Waals surface area contributed by atoms with Crippen LogP contribution < -0.4 is 9.64 Å². The van der Waals surface area contributed by atoms with Gasteiger partial charge in [0.25, 0.3) is 5.78 Å². The number of aromatic nitrogens is 2. The average Bonchev–Trinajstić information content (AvgIpc) is 3.51. The molecule has 1 aliphatic rings. The first-order valence-electron chi connectivity index (χ1n) is 12.7. The summed E-state index contributed by atoms with van der Waals surface area (Å²) in [5.41, 5.74) is 3.93. The smallest absolute Gasteiger partial charge is 0.302 e. The van der Waals surface area contributed by atoms with Gasteiger partial charge in [-0.25, -0.2) is 4.98 Å². The molecule has 198 valence electrons. The molecule has 5 aromatic rings. The average molecular weight is 532 g/mol. The molecule has 1 fully saturated rings. The molecule has 1 aliphatic heterocycles. The second kappa shape index (κ2) is 10.1.